The van der Waals surface area contributed by atoms with Crippen molar-refractivity contribution >= 4 is 35.1 Å². The molecule has 0 saturated carbocycles. The van der Waals surface area contributed by atoms with E-state index in [0.29, 0.717) is 17.6 Å². The second-order valence-electron chi connectivity index (χ2n) is 4.65. The zero-order valence-electron chi connectivity index (χ0n) is 12.0. The number of nitrogens with zero attached hydrogens (tertiary/aromatic N) is 1. The van der Waals surface area contributed by atoms with Crippen LogP contribution in [0.4, 0.5) is 23.2 Å². The summed E-state index contributed by atoms with van der Waals surface area (Å²) >= 11 is 6.11. The van der Waals surface area contributed by atoms with Crippen LogP contribution in [0.2, 0.25) is 5.15 Å². The molecule has 1 amide bonds. The van der Waals surface area contributed by atoms with Crippen LogP contribution in [0.5, 0.6) is 0 Å². The number of aromatic amines is 1. The molecule has 1 atom stereocenters. The van der Waals surface area contributed by atoms with Crippen LogP contribution in [-0.2, 0) is 0 Å². The maximum Gasteiger partial charge on any atom is 0.404 e. The molecule has 3 N–H and O–H groups in total. The SMILES string of the molecule is CC(NSc1c[nH]c(C(=O)Nc2ccnc(Cl)c2)c1F)C(F)(F)F. The molecule has 0 fully saturated rings. The summed E-state index contributed by atoms with van der Waals surface area (Å²) in [4.78, 5) is 18.0. The molecule has 0 saturated heterocycles. The van der Waals surface area contributed by atoms with E-state index in [0.717, 1.165) is 13.1 Å². The maximum atomic E-state index is 14.1. The van der Waals surface area contributed by atoms with Gasteiger partial charge in [0, 0.05) is 18.1 Å². The van der Waals surface area contributed by atoms with Gasteiger partial charge in [-0.1, -0.05) is 11.6 Å². The van der Waals surface area contributed by atoms with E-state index in [1.54, 1.807) is 0 Å². The molecule has 0 aliphatic heterocycles. The number of pyridine rings is 1. The zero-order chi connectivity index (χ0) is 17.9. The summed E-state index contributed by atoms with van der Waals surface area (Å²) in [5.74, 6) is -1.76. The number of anilines is 1. The summed E-state index contributed by atoms with van der Waals surface area (Å²) in [6.07, 6.45) is -2.00. The molecule has 24 heavy (non-hydrogen) atoms. The van der Waals surface area contributed by atoms with E-state index in [1.807, 2.05) is 0 Å². The second-order valence-corrected chi connectivity index (χ2v) is 5.91. The molecule has 0 aliphatic rings. The number of rotatable bonds is 5. The molecule has 0 aromatic carbocycles. The monoisotopic (exact) mass is 382 g/mol. The first-order valence-electron chi connectivity index (χ1n) is 6.47. The molecular weight excluding hydrogens is 372 g/mol. The number of hydrogen-bond donors (Lipinski definition) is 3. The van der Waals surface area contributed by atoms with Crippen LogP contribution in [-0.4, -0.2) is 28.1 Å². The van der Waals surface area contributed by atoms with Gasteiger partial charge in [0.15, 0.2) is 5.82 Å². The van der Waals surface area contributed by atoms with E-state index in [-0.39, 0.29) is 10.0 Å². The van der Waals surface area contributed by atoms with Crippen molar-refractivity contribution in [3.05, 3.63) is 41.2 Å². The number of alkyl halides is 3. The number of hydrogen-bond acceptors (Lipinski definition) is 4. The first-order valence-corrected chi connectivity index (χ1v) is 7.66. The lowest BCUT2D eigenvalue weighted by Gasteiger charge is -2.15. The zero-order valence-corrected chi connectivity index (χ0v) is 13.6. The summed E-state index contributed by atoms with van der Waals surface area (Å²) in [6.45, 7) is 0.901. The van der Waals surface area contributed by atoms with Gasteiger partial charge in [-0.3, -0.25) is 4.79 Å². The molecular formula is C13H11ClF4N4OS. The molecule has 2 aromatic rings. The molecule has 0 bridgehead atoms. The van der Waals surface area contributed by atoms with Crippen molar-refractivity contribution in [3.63, 3.8) is 0 Å². The van der Waals surface area contributed by atoms with Crippen LogP contribution in [0.1, 0.15) is 17.4 Å². The number of carbonyl (C=O) groups excluding carboxylic acids is 1. The number of nitrogens with one attached hydrogen (secondary N) is 3. The van der Waals surface area contributed by atoms with E-state index in [2.05, 4.69) is 20.0 Å². The largest absolute Gasteiger partial charge is 0.404 e. The highest BCUT2D eigenvalue weighted by molar-refractivity contribution is 7.97. The van der Waals surface area contributed by atoms with E-state index < -0.39 is 29.6 Å². The fourth-order valence-corrected chi connectivity index (χ4v) is 2.44. The molecule has 0 radical (unpaired) electrons. The molecule has 1 unspecified atom stereocenters. The molecule has 11 heteroatoms. The second kappa shape index (κ2) is 7.41. The Hall–Kier alpha value is -1.78. The van der Waals surface area contributed by atoms with E-state index in [9.17, 15) is 22.4 Å². The van der Waals surface area contributed by atoms with Gasteiger partial charge in [0.05, 0.1) is 4.90 Å². The molecule has 5 nitrogen and oxygen atoms in total. The lowest BCUT2D eigenvalue weighted by Crippen LogP contribution is -2.35. The van der Waals surface area contributed by atoms with Gasteiger partial charge in [0.25, 0.3) is 5.91 Å². The van der Waals surface area contributed by atoms with Crippen molar-refractivity contribution in [1.82, 2.24) is 14.7 Å². The minimum Gasteiger partial charge on any atom is -0.354 e. The lowest BCUT2D eigenvalue weighted by atomic mass is 10.3. The summed E-state index contributed by atoms with van der Waals surface area (Å²) < 4.78 is 53.4. The molecule has 2 heterocycles. The topological polar surface area (TPSA) is 69.8 Å². The molecule has 2 aromatic heterocycles. The highest BCUT2D eigenvalue weighted by atomic mass is 35.5. The number of aromatic nitrogens is 2. The van der Waals surface area contributed by atoms with Crippen LogP contribution in [0.15, 0.2) is 29.4 Å². The molecule has 0 spiro atoms. The minimum absolute atomic E-state index is 0.140. The van der Waals surface area contributed by atoms with Gasteiger partial charge in [-0.2, -0.15) is 13.2 Å². The number of H-pyrrole nitrogens is 1. The Morgan fingerprint density at radius 3 is 2.79 bits per heavy atom. The fraction of sp³-hybridized carbons (Fsp3) is 0.231. The first-order chi connectivity index (χ1) is 11.2. The van der Waals surface area contributed by atoms with Crippen LogP contribution < -0.4 is 10.0 Å². The predicted molar refractivity (Wildman–Crippen MR) is 82.5 cm³/mol. The Bertz CT molecular complexity index is 737. The third-order valence-electron chi connectivity index (χ3n) is 2.83. The predicted octanol–water partition coefficient (Wildman–Crippen LogP) is 4.00. The van der Waals surface area contributed by atoms with Crippen molar-refractivity contribution in [2.75, 3.05) is 5.32 Å². The smallest absolute Gasteiger partial charge is 0.354 e. The lowest BCUT2D eigenvalue weighted by molar-refractivity contribution is -0.146. The summed E-state index contributed by atoms with van der Waals surface area (Å²) in [7, 11) is 0. The number of halogens is 5. The Labute approximate surface area is 143 Å². The van der Waals surface area contributed by atoms with Gasteiger partial charge in [-0.25, -0.2) is 14.1 Å². The van der Waals surface area contributed by atoms with Crippen molar-refractivity contribution in [2.24, 2.45) is 0 Å². The first kappa shape index (κ1) is 18.6. The van der Waals surface area contributed by atoms with Crippen molar-refractivity contribution < 1.29 is 22.4 Å². The van der Waals surface area contributed by atoms with Gasteiger partial charge >= 0.3 is 6.18 Å². The van der Waals surface area contributed by atoms with Gasteiger partial charge in [0.2, 0.25) is 0 Å². The minimum atomic E-state index is -4.46. The Morgan fingerprint density at radius 1 is 1.46 bits per heavy atom. The van der Waals surface area contributed by atoms with Crippen LogP contribution in [0.3, 0.4) is 0 Å². The summed E-state index contributed by atoms with van der Waals surface area (Å²) in [6, 6.07) is 0.975. The van der Waals surface area contributed by atoms with Gasteiger partial charge in [-0.05, 0) is 31.0 Å². The van der Waals surface area contributed by atoms with Crippen molar-refractivity contribution in [2.45, 2.75) is 24.0 Å². The third-order valence-corrected chi connectivity index (χ3v) is 4.03. The Balaban J connectivity index is 2.05. The molecule has 130 valence electrons. The van der Waals surface area contributed by atoms with Crippen molar-refractivity contribution in [1.29, 1.82) is 0 Å². The standard InChI is InChI=1S/C13H11ClF4N4OS/c1-6(13(16,17)18)22-24-8-5-20-11(10(8)15)12(23)21-7-2-3-19-9(14)4-7/h2-6,20,22H,1H3,(H,19,21,23). The third kappa shape index (κ3) is 4.62. The van der Waals surface area contributed by atoms with E-state index >= 15 is 0 Å². The highest BCUT2D eigenvalue weighted by Crippen LogP contribution is 2.27. The van der Waals surface area contributed by atoms with Gasteiger partial charge < -0.3 is 10.3 Å². The van der Waals surface area contributed by atoms with E-state index in [4.69, 9.17) is 11.6 Å². The Morgan fingerprint density at radius 2 is 2.17 bits per heavy atom. The normalized spacial score (nSPS) is 12.9. The average molecular weight is 383 g/mol. The van der Waals surface area contributed by atoms with Crippen molar-refractivity contribution in [3.8, 4) is 0 Å². The quantitative estimate of drug-likeness (QED) is 0.415. The summed E-state index contributed by atoms with van der Waals surface area (Å²) in [5.41, 5.74) is -0.112. The molecule has 0 aliphatic carbocycles. The van der Waals surface area contributed by atoms with Crippen LogP contribution >= 0.6 is 23.5 Å². The van der Waals surface area contributed by atoms with Crippen LogP contribution in [0.25, 0.3) is 0 Å². The van der Waals surface area contributed by atoms with Gasteiger partial charge in [-0.15, -0.1) is 0 Å². The number of carbonyl (C=O) groups is 1. The van der Waals surface area contributed by atoms with Gasteiger partial charge in [0.1, 0.15) is 16.9 Å². The average Bonchev–Trinajstić information content (AvgIpc) is 2.85. The Kier molecular flexibility index (Phi) is 5.73. The highest BCUT2D eigenvalue weighted by Gasteiger charge is 2.36. The molecule has 2 rings (SSSR count). The maximum absolute atomic E-state index is 14.1. The summed E-state index contributed by atoms with van der Waals surface area (Å²) in [5, 5.41) is 2.54. The van der Waals surface area contributed by atoms with E-state index in [1.165, 1.54) is 18.3 Å². The fourth-order valence-electron chi connectivity index (χ4n) is 1.52. The number of amides is 1. The van der Waals surface area contributed by atoms with Crippen LogP contribution in [0, 0.1) is 5.82 Å².